The number of halogens is 2. The predicted molar refractivity (Wildman–Crippen MR) is 90.0 cm³/mol. The van der Waals surface area contributed by atoms with Gasteiger partial charge in [0, 0.05) is 27.7 Å². The highest BCUT2D eigenvalue weighted by atomic mass is 127. The van der Waals surface area contributed by atoms with E-state index in [9.17, 15) is 0 Å². The molecule has 98 valence electrons. The van der Waals surface area contributed by atoms with Gasteiger partial charge in [-0.15, -0.1) is 11.6 Å². The van der Waals surface area contributed by atoms with Crippen LogP contribution in [0.4, 0.5) is 0 Å². The molecule has 0 fully saturated rings. The van der Waals surface area contributed by atoms with Gasteiger partial charge in [-0.3, -0.25) is 0 Å². The molecule has 0 saturated heterocycles. The van der Waals surface area contributed by atoms with Crippen LogP contribution in [0.1, 0.15) is 18.8 Å². The Labute approximate surface area is 131 Å². The molecule has 1 heterocycles. The molecule has 0 aliphatic carbocycles. The van der Waals surface area contributed by atoms with Gasteiger partial charge >= 0.3 is 0 Å². The molecule has 2 nitrogen and oxygen atoms in total. The molecule has 0 aliphatic rings. The fraction of sp³-hybridized carbons (Fsp3) is 0.462. The number of hydrogen-bond donors (Lipinski definition) is 0. The van der Waals surface area contributed by atoms with Gasteiger partial charge in [0.25, 0.3) is 0 Å². The zero-order chi connectivity index (χ0) is 13.1. The largest absolute Gasteiger partial charge is 0.324 e. The maximum absolute atomic E-state index is 5.89. The van der Waals surface area contributed by atoms with E-state index < -0.39 is 0 Å². The third kappa shape index (κ3) is 2.96. The van der Waals surface area contributed by atoms with Crippen LogP contribution in [0.25, 0.3) is 11.0 Å². The Bertz CT molecular complexity index is 541. The van der Waals surface area contributed by atoms with Crippen LogP contribution >= 0.6 is 46.0 Å². The molecular formula is C13H16ClIN2S. The average Bonchev–Trinajstić information content (AvgIpc) is 2.67. The number of aromatic nitrogens is 2. The van der Waals surface area contributed by atoms with Crippen LogP contribution in [-0.2, 0) is 6.42 Å². The van der Waals surface area contributed by atoms with Crippen molar-refractivity contribution < 1.29 is 0 Å². The lowest BCUT2D eigenvalue weighted by Gasteiger charge is -2.16. The summed E-state index contributed by atoms with van der Waals surface area (Å²) in [6, 6.07) is 6.88. The van der Waals surface area contributed by atoms with E-state index in [-0.39, 0.29) is 0 Å². The second-order valence-electron chi connectivity index (χ2n) is 4.27. The molecule has 1 aromatic heterocycles. The molecule has 2 aromatic rings. The summed E-state index contributed by atoms with van der Waals surface area (Å²) in [4.78, 5) is 4.73. The summed E-state index contributed by atoms with van der Waals surface area (Å²) in [5.41, 5.74) is 2.30. The van der Waals surface area contributed by atoms with Crippen LogP contribution in [0.15, 0.2) is 18.2 Å². The first-order chi connectivity index (χ1) is 8.67. The van der Waals surface area contributed by atoms with Crippen LogP contribution in [0.3, 0.4) is 0 Å². The minimum Gasteiger partial charge on any atom is -0.324 e. The molecular weight excluding hydrogens is 379 g/mol. The number of aryl methyl sites for hydroxylation is 1. The van der Waals surface area contributed by atoms with E-state index >= 15 is 0 Å². The highest BCUT2D eigenvalue weighted by Gasteiger charge is 2.15. The highest BCUT2D eigenvalue weighted by Crippen LogP contribution is 2.25. The quantitative estimate of drug-likeness (QED) is 0.554. The lowest BCUT2D eigenvalue weighted by molar-refractivity contribution is 0.597. The van der Waals surface area contributed by atoms with Gasteiger partial charge in [-0.1, -0.05) is 0 Å². The van der Waals surface area contributed by atoms with Crippen LogP contribution in [0.2, 0.25) is 0 Å². The second kappa shape index (κ2) is 6.48. The van der Waals surface area contributed by atoms with E-state index in [2.05, 4.69) is 58.5 Å². The van der Waals surface area contributed by atoms with Crippen molar-refractivity contribution in [3.63, 3.8) is 0 Å². The first kappa shape index (κ1) is 14.5. The summed E-state index contributed by atoms with van der Waals surface area (Å²) in [5, 5.41) is 0. The molecule has 2 rings (SSSR count). The Morgan fingerprint density at radius 2 is 2.28 bits per heavy atom. The molecule has 1 atom stereocenters. The standard InChI is InChI=1S/C13H16ClIN2S/c1-9(8-18-2)17-12-4-3-10(15)7-11(12)16-13(17)5-6-14/h3-4,7,9H,5-6,8H2,1-2H3. The van der Waals surface area contributed by atoms with Crippen LogP contribution in [-0.4, -0.2) is 27.4 Å². The van der Waals surface area contributed by atoms with Gasteiger partial charge in [0.15, 0.2) is 0 Å². The number of nitrogens with zero attached hydrogens (tertiary/aromatic N) is 2. The van der Waals surface area contributed by atoms with Crippen molar-refractivity contribution in [2.75, 3.05) is 17.9 Å². The number of imidazole rings is 1. The van der Waals surface area contributed by atoms with Crippen molar-refractivity contribution in [1.29, 1.82) is 0 Å². The molecule has 0 N–H and O–H groups in total. The summed E-state index contributed by atoms with van der Waals surface area (Å²) in [7, 11) is 0. The lowest BCUT2D eigenvalue weighted by atomic mass is 10.3. The first-order valence-electron chi connectivity index (χ1n) is 5.88. The molecule has 0 radical (unpaired) electrons. The van der Waals surface area contributed by atoms with Gasteiger partial charge in [-0.2, -0.15) is 11.8 Å². The van der Waals surface area contributed by atoms with Crippen molar-refractivity contribution >= 4 is 57.0 Å². The maximum atomic E-state index is 5.89. The van der Waals surface area contributed by atoms with E-state index in [1.54, 1.807) is 0 Å². The molecule has 0 amide bonds. The van der Waals surface area contributed by atoms with Gasteiger partial charge in [0.2, 0.25) is 0 Å². The minimum absolute atomic E-state index is 0.447. The first-order valence-corrected chi connectivity index (χ1v) is 8.89. The van der Waals surface area contributed by atoms with Gasteiger partial charge in [-0.25, -0.2) is 4.98 Å². The summed E-state index contributed by atoms with van der Waals surface area (Å²) in [6.07, 6.45) is 2.96. The van der Waals surface area contributed by atoms with E-state index in [1.807, 2.05) is 11.8 Å². The molecule has 0 spiro atoms. The smallest absolute Gasteiger partial charge is 0.111 e. The van der Waals surface area contributed by atoms with Crippen LogP contribution in [0.5, 0.6) is 0 Å². The van der Waals surface area contributed by atoms with Gasteiger partial charge in [0.1, 0.15) is 5.82 Å². The van der Waals surface area contributed by atoms with E-state index in [0.29, 0.717) is 11.9 Å². The third-order valence-electron chi connectivity index (χ3n) is 2.89. The van der Waals surface area contributed by atoms with Crippen molar-refractivity contribution in [3.05, 3.63) is 27.6 Å². The lowest BCUT2D eigenvalue weighted by Crippen LogP contribution is -2.12. The maximum Gasteiger partial charge on any atom is 0.111 e. The highest BCUT2D eigenvalue weighted by molar-refractivity contribution is 14.1. The van der Waals surface area contributed by atoms with Crippen molar-refractivity contribution in [3.8, 4) is 0 Å². The van der Waals surface area contributed by atoms with Gasteiger partial charge in [0.05, 0.1) is 11.0 Å². The molecule has 0 saturated carbocycles. The fourth-order valence-electron chi connectivity index (χ4n) is 2.19. The molecule has 0 bridgehead atoms. The number of thioether (sulfide) groups is 1. The number of benzene rings is 1. The Balaban J connectivity index is 2.54. The Morgan fingerprint density at radius 1 is 1.50 bits per heavy atom. The van der Waals surface area contributed by atoms with Gasteiger partial charge < -0.3 is 4.57 Å². The van der Waals surface area contributed by atoms with Crippen molar-refractivity contribution in [2.45, 2.75) is 19.4 Å². The summed E-state index contributed by atoms with van der Waals surface area (Å²) < 4.78 is 3.56. The SMILES string of the molecule is CSCC(C)n1c(CCCl)nc2cc(I)ccc21. The molecule has 0 aliphatic heterocycles. The second-order valence-corrected chi connectivity index (χ2v) is 6.81. The fourth-order valence-corrected chi connectivity index (χ4v) is 3.47. The number of hydrogen-bond acceptors (Lipinski definition) is 2. The van der Waals surface area contributed by atoms with Crippen molar-refractivity contribution in [2.24, 2.45) is 0 Å². The minimum atomic E-state index is 0.447. The average molecular weight is 395 g/mol. The normalized spacial score (nSPS) is 13.1. The topological polar surface area (TPSA) is 17.8 Å². The Hall–Kier alpha value is 0.0600. The summed E-state index contributed by atoms with van der Waals surface area (Å²) in [5.74, 6) is 2.81. The van der Waals surface area contributed by atoms with Gasteiger partial charge in [-0.05, 0) is 54.0 Å². The zero-order valence-corrected chi connectivity index (χ0v) is 14.2. The monoisotopic (exact) mass is 394 g/mol. The number of alkyl halides is 1. The third-order valence-corrected chi connectivity index (χ3v) is 4.57. The van der Waals surface area contributed by atoms with E-state index in [1.165, 1.54) is 9.09 Å². The summed E-state index contributed by atoms with van der Waals surface area (Å²) in [6.45, 7) is 2.24. The Kier molecular flexibility index (Phi) is 5.21. The van der Waals surface area contributed by atoms with E-state index in [4.69, 9.17) is 16.6 Å². The number of rotatable bonds is 5. The van der Waals surface area contributed by atoms with E-state index in [0.717, 1.165) is 23.5 Å². The van der Waals surface area contributed by atoms with Crippen LogP contribution in [0, 0.1) is 3.57 Å². The van der Waals surface area contributed by atoms with Crippen molar-refractivity contribution in [1.82, 2.24) is 9.55 Å². The Morgan fingerprint density at radius 3 is 2.94 bits per heavy atom. The molecule has 1 aromatic carbocycles. The predicted octanol–water partition coefficient (Wildman–Crippen LogP) is 4.35. The molecule has 18 heavy (non-hydrogen) atoms. The molecule has 5 heteroatoms. The summed E-state index contributed by atoms with van der Waals surface area (Å²) >= 11 is 10.1. The van der Waals surface area contributed by atoms with Crippen LogP contribution < -0.4 is 0 Å². The number of fused-ring (bicyclic) bond motifs is 1. The zero-order valence-electron chi connectivity index (χ0n) is 10.5. The molecule has 1 unspecified atom stereocenters.